The van der Waals surface area contributed by atoms with Gasteiger partial charge in [-0.15, -0.1) is 11.3 Å². The third kappa shape index (κ3) is 2.61. The van der Waals surface area contributed by atoms with Gasteiger partial charge in [0.05, 0.1) is 10.5 Å². The average molecular weight is 322 g/mol. The molecule has 0 aliphatic rings. The Morgan fingerprint density at radius 3 is 2.71 bits per heavy atom. The molecule has 0 fully saturated rings. The average Bonchev–Trinajstić information content (AvgIpc) is 3.07. The van der Waals surface area contributed by atoms with Crippen LogP contribution in [0.25, 0.3) is 22.8 Å². The molecule has 21 heavy (non-hydrogen) atoms. The van der Waals surface area contributed by atoms with Crippen LogP contribution >= 0.6 is 22.9 Å². The highest BCUT2D eigenvalue weighted by Crippen LogP contribution is 2.35. The van der Waals surface area contributed by atoms with Crippen LogP contribution < -0.4 is 5.73 Å². The van der Waals surface area contributed by atoms with Crippen molar-refractivity contribution in [1.29, 1.82) is 0 Å². The number of nitro groups is 1. The van der Waals surface area contributed by atoms with Crippen molar-refractivity contribution in [2.75, 3.05) is 5.73 Å². The predicted octanol–water partition coefficient (Wildman–Crippen LogP) is 4.21. The maximum atomic E-state index is 11.1. The molecule has 106 valence electrons. The van der Waals surface area contributed by atoms with Crippen LogP contribution in [0.4, 0.5) is 10.8 Å². The molecule has 1 aromatic carbocycles. The second-order valence-electron chi connectivity index (χ2n) is 4.15. The largest absolute Gasteiger partial charge is 0.454 e. The molecule has 0 saturated heterocycles. The van der Waals surface area contributed by atoms with E-state index in [0.29, 0.717) is 32.9 Å². The molecule has 2 aromatic heterocycles. The third-order valence-electron chi connectivity index (χ3n) is 2.80. The highest BCUT2D eigenvalue weighted by atomic mass is 35.5. The molecular weight excluding hydrogens is 314 g/mol. The Bertz CT molecular complexity index is 828. The fraction of sp³-hybridized carbons (Fsp3) is 0. The highest BCUT2D eigenvalue weighted by Gasteiger charge is 2.19. The molecule has 0 aliphatic heterocycles. The van der Waals surface area contributed by atoms with E-state index in [1.165, 1.54) is 17.4 Å². The van der Waals surface area contributed by atoms with Gasteiger partial charge in [-0.25, -0.2) is 4.98 Å². The molecule has 0 radical (unpaired) electrons. The molecule has 0 spiro atoms. The number of nitrogen functional groups attached to an aromatic ring is 1. The summed E-state index contributed by atoms with van der Waals surface area (Å²) < 4.78 is 5.64. The van der Waals surface area contributed by atoms with E-state index in [4.69, 9.17) is 21.8 Å². The van der Waals surface area contributed by atoms with Crippen molar-refractivity contribution in [2.45, 2.75) is 0 Å². The molecule has 2 N–H and O–H groups in total. The third-order valence-corrected chi connectivity index (χ3v) is 3.71. The van der Waals surface area contributed by atoms with Crippen LogP contribution in [-0.2, 0) is 0 Å². The second-order valence-corrected chi connectivity index (χ2v) is 5.48. The van der Waals surface area contributed by atoms with E-state index in [0.717, 1.165) is 0 Å². The van der Waals surface area contributed by atoms with Crippen LogP contribution in [0, 0.1) is 10.1 Å². The van der Waals surface area contributed by atoms with Crippen LogP contribution in [0.5, 0.6) is 0 Å². The van der Waals surface area contributed by atoms with Gasteiger partial charge in [-0.05, 0) is 24.3 Å². The van der Waals surface area contributed by atoms with Gasteiger partial charge in [-0.2, -0.15) is 0 Å². The Balaban J connectivity index is 2.06. The summed E-state index contributed by atoms with van der Waals surface area (Å²) in [5.41, 5.74) is 6.42. The molecule has 3 rings (SSSR count). The van der Waals surface area contributed by atoms with Gasteiger partial charge in [0, 0.05) is 16.5 Å². The van der Waals surface area contributed by atoms with Crippen molar-refractivity contribution >= 4 is 33.8 Å². The number of aromatic nitrogens is 1. The van der Waals surface area contributed by atoms with Crippen LogP contribution in [0.15, 0.2) is 40.1 Å². The Hall–Kier alpha value is -2.38. The number of rotatable bonds is 3. The van der Waals surface area contributed by atoms with Crippen molar-refractivity contribution in [3.05, 3.63) is 50.8 Å². The first-order valence-electron chi connectivity index (χ1n) is 5.80. The Kier molecular flexibility index (Phi) is 3.36. The monoisotopic (exact) mass is 321 g/mol. The number of furan rings is 1. The van der Waals surface area contributed by atoms with Crippen LogP contribution in [-0.4, -0.2) is 9.91 Å². The molecule has 3 aromatic rings. The number of nitrogens with two attached hydrogens (primary N) is 1. The fourth-order valence-corrected chi connectivity index (χ4v) is 2.60. The fourth-order valence-electron chi connectivity index (χ4n) is 1.89. The zero-order chi connectivity index (χ0) is 15.0. The molecule has 2 heterocycles. The normalized spacial score (nSPS) is 10.7. The highest BCUT2D eigenvalue weighted by molar-refractivity contribution is 7.13. The van der Waals surface area contributed by atoms with Crippen LogP contribution in [0.2, 0.25) is 5.02 Å². The van der Waals surface area contributed by atoms with Gasteiger partial charge in [0.25, 0.3) is 5.69 Å². The van der Waals surface area contributed by atoms with Crippen molar-refractivity contribution in [3.8, 4) is 22.8 Å². The molecule has 0 aliphatic carbocycles. The number of hydrogen-bond acceptors (Lipinski definition) is 6. The molecule has 6 nitrogen and oxygen atoms in total. The number of anilines is 1. The number of nitro benzene ring substituents is 1. The smallest absolute Gasteiger partial charge is 0.281 e. The number of halogens is 1. The van der Waals surface area contributed by atoms with Gasteiger partial charge in [-0.1, -0.05) is 11.6 Å². The van der Waals surface area contributed by atoms with Gasteiger partial charge in [-0.3, -0.25) is 10.1 Å². The lowest BCUT2D eigenvalue weighted by Crippen LogP contribution is -1.91. The van der Waals surface area contributed by atoms with E-state index < -0.39 is 4.92 Å². The van der Waals surface area contributed by atoms with E-state index in [1.807, 2.05) is 0 Å². The van der Waals surface area contributed by atoms with Crippen LogP contribution in [0.1, 0.15) is 0 Å². The topological polar surface area (TPSA) is 95.2 Å². The lowest BCUT2D eigenvalue weighted by atomic mass is 10.1. The van der Waals surface area contributed by atoms with Gasteiger partial charge < -0.3 is 10.2 Å². The van der Waals surface area contributed by atoms with Gasteiger partial charge in [0.15, 0.2) is 10.9 Å². The number of hydrogen-bond donors (Lipinski definition) is 1. The summed E-state index contributed by atoms with van der Waals surface area (Å²) in [7, 11) is 0. The number of benzene rings is 1. The lowest BCUT2D eigenvalue weighted by molar-refractivity contribution is -0.384. The second kappa shape index (κ2) is 5.19. The Labute approximate surface area is 127 Å². The summed E-state index contributed by atoms with van der Waals surface area (Å²) in [4.78, 5) is 14.7. The van der Waals surface area contributed by atoms with Crippen molar-refractivity contribution in [2.24, 2.45) is 0 Å². The first kappa shape index (κ1) is 13.6. The summed E-state index contributed by atoms with van der Waals surface area (Å²) in [5, 5.41) is 13.6. The van der Waals surface area contributed by atoms with E-state index >= 15 is 0 Å². The molecule has 8 heteroatoms. The standard InChI is InChI=1S/C13H8ClN3O3S/c14-7-1-2-8(10(5-7)17(18)19)11-3-4-12(20-11)9-6-21-13(15)16-9/h1-6H,(H2,15,16). The number of nitrogens with zero attached hydrogens (tertiary/aromatic N) is 2. The predicted molar refractivity (Wildman–Crippen MR) is 81.3 cm³/mol. The Morgan fingerprint density at radius 2 is 2.05 bits per heavy atom. The summed E-state index contributed by atoms with van der Waals surface area (Å²) in [6.07, 6.45) is 0. The lowest BCUT2D eigenvalue weighted by Gasteiger charge is -2.00. The summed E-state index contributed by atoms with van der Waals surface area (Å²) in [6, 6.07) is 7.77. The van der Waals surface area contributed by atoms with Gasteiger partial charge in [0.2, 0.25) is 0 Å². The molecule has 0 unspecified atom stereocenters. The number of thiazole rings is 1. The molecule has 0 bridgehead atoms. The van der Waals surface area contributed by atoms with E-state index in [-0.39, 0.29) is 5.69 Å². The maximum absolute atomic E-state index is 11.1. The quantitative estimate of drug-likeness (QED) is 0.575. The summed E-state index contributed by atoms with van der Waals surface area (Å²) in [6.45, 7) is 0. The first-order valence-corrected chi connectivity index (χ1v) is 7.06. The van der Waals surface area contributed by atoms with Crippen molar-refractivity contribution < 1.29 is 9.34 Å². The molecule has 0 amide bonds. The van der Waals surface area contributed by atoms with E-state index in [9.17, 15) is 10.1 Å². The van der Waals surface area contributed by atoms with E-state index in [2.05, 4.69) is 4.98 Å². The zero-order valence-electron chi connectivity index (χ0n) is 10.4. The van der Waals surface area contributed by atoms with Crippen molar-refractivity contribution in [3.63, 3.8) is 0 Å². The van der Waals surface area contributed by atoms with Crippen molar-refractivity contribution in [1.82, 2.24) is 4.98 Å². The summed E-state index contributed by atoms with van der Waals surface area (Å²) >= 11 is 7.09. The van der Waals surface area contributed by atoms with Crippen LogP contribution in [0.3, 0.4) is 0 Å². The SMILES string of the molecule is Nc1nc(-c2ccc(-c3ccc(Cl)cc3[N+](=O)[O-])o2)cs1. The summed E-state index contributed by atoms with van der Waals surface area (Å²) in [5.74, 6) is 0.877. The van der Waals surface area contributed by atoms with Gasteiger partial charge >= 0.3 is 0 Å². The minimum Gasteiger partial charge on any atom is -0.454 e. The van der Waals surface area contributed by atoms with E-state index in [1.54, 1.807) is 29.6 Å². The molecule has 0 atom stereocenters. The molecular formula is C13H8ClN3O3S. The minimum absolute atomic E-state index is 0.110. The molecule has 0 saturated carbocycles. The minimum atomic E-state index is -0.496. The maximum Gasteiger partial charge on any atom is 0.281 e. The Morgan fingerprint density at radius 1 is 1.29 bits per heavy atom. The van der Waals surface area contributed by atoms with Gasteiger partial charge in [0.1, 0.15) is 11.5 Å². The zero-order valence-corrected chi connectivity index (χ0v) is 12.0. The first-order chi connectivity index (χ1) is 10.0.